The van der Waals surface area contributed by atoms with Gasteiger partial charge in [0.25, 0.3) is 0 Å². The molecule has 0 saturated carbocycles. The lowest BCUT2D eigenvalue weighted by Crippen LogP contribution is -1.97. The first-order valence-corrected chi connectivity index (χ1v) is 4.59. The summed E-state index contributed by atoms with van der Waals surface area (Å²) >= 11 is 0. The standard InChI is InChI=1S/C11H9F2N3/c12-7-1-2-10(9(13)5-7)16-11-6-8(14)3-4-15-11/h1-6H,(H3,14,15,16). The molecule has 0 fully saturated rings. The summed E-state index contributed by atoms with van der Waals surface area (Å²) in [6.45, 7) is 0. The Hall–Kier alpha value is -2.17. The van der Waals surface area contributed by atoms with E-state index >= 15 is 0 Å². The third kappa shape index (κ3) is 2.25. The van der Waals surface area contributed by atoms with E-state index in [9.17, 15) is 8.78 Å². The number of hydrogen-bond acceptors (Lipinski definition) is 3. The lowest BCUT2D eigenvalue weighted by atomic mass is 10.3. The molecule has 0 aliphatic rings. The number of nitrogens with zero attached hydrogens (tertiary/aromatic N) is 1. The summed E-state index contributed by atoms with van der Waals surface area (Å²) in [7, 11) is 0. The number of nitrogens with two attached hydrogens (primary N) is 1. The van der Waals surface area contributed by atoms with Crippen LogP contribution in [0.2, 0.25) is 0 Å². The molecule has 0 atom stereocenters. The first-order chi connectivity index (χ1) is 7.65. The van der Waals surface area contributed by atoms with Crippen LogP contribution in [0.15, 0.2) is 36.5 Å². The summed E-state index contributed by atoms with van der Waals surface area (Å²) in [5, 5.41) is 2.71. The Morgan fingerprint density at radius 1 is 1.12 bits per heavy atom. The largest absolute Gasteiger partial charge is 0.399 e. The Morgan fingerprint density at radius 2 is 1.94 bits per heavy atom. The van der Waals surface area contributed by atoms with Crippen molar-refractivity contribution in [1.29, 1.82) is 0 Å². The molecule has 0 aliphatic carbocycles. The molecule has 0 aliphatic heterocycles. The van der Waals surface area contributed by atoms with Gasteiger partial charge in [0.2, 0.25) is 0 Å². The Morgan fingerprint density at radius 3 is 2.62 bits per heavy atom. The zero-order chi connectivity index (χ0) is 11.5. The van der Waals surface area contributed by atoms with Gasteiger partial charge in [-0.3, -0.25) is 0 Å². The fourth-order valence-corrected chi connectivity index (χ4v) is 1.24. The number of nitrogens with one attached hydrogen (secondary N) is 1. The number of pyridine rings is 1. The molecule has 0 bridgehead atoms. The molecule has 16 heavy (non-hydrogen) atoms. The van der Waals surface area contributed by atoms with E-state index in [1.54, 1.807) is 12.1 Å². The van der Waals surface area contributed by atoms with E-state index in [2.05, 4.69) is 10.3 Å². The molecule has 82 valence electrons. The number of anilines is 3. The fourth-order valence-electron chi connectivity index (χ4n) is 1.24. The summed E-state index contributed by atoms with van der Waals surface area (Å²) in [6.07, 6.45) is 1.50. The van der Waals surface area contributed by atoms with Crippen LogP contribution in [0.4, 0.5) is 26.0 Å². The van der Waals surface area contributed by atoms with Gasteiger partial charge >= 0.3 is 0 Å². The Balaban J connectivity index is 2.27. The molecule has 0 amide bonds. The molecule has 2 rings (SSSR count). The maximum atomic E-state index is 13.3. The average molecular weight is 221 g/mol. The third-order valence-corrected chi connectivity index (χ3v) is 1.98. The van der Waals surface area contributed by atoms with Crippen LogP contribution in [0.1, 0.15) is 0 Å². The molecule has 1 aromatic carbocycles. The topological polar surface area (TPSA) is 50.9 Å². The Labute approximate surface area is 90.9 Å². The van der Waals surface area contributed by atoms with Crippen LogP contribution >= 0.6 is 0 Å². The SMILES string of the molecule is Nc1ccnc(Nc2ccc(F)cc2F)c1. The maximum Gasteiger partial charge on any atom is 0.149 e. The van der Waals surface area contributed by atoms with E-state index in [4.69, 9.17) is 5.73 Å². The van der Waals surface area contributed by atoms with Crippen molar-refractivity contribution in [2.75, 3.05) is 11.1 Å². The van der Waals surface area contributed by atoms with E-state index in [1.807, 2.05) is 0 Å². The summed E-state index contributed by atoms with van der Waals surface area (Å²) in [4.78, 5) is 3.95. The molecular weight excluding hydrogens is 212 g/mol. The monoisotopic (exact) mass is 221 g/mol. The minimum Gasteiger partial charge on any atom is -0.399 e. The number of aromatic nitrogens is 1. The van der Waals surface area contributed by atoms with Gasteiger partial charge in [-0.15, -0.1) is 0 Å². The fraction of sp³-hybridized carbons (Fsp3) is 0. The minimum atomic E-state index is -0.677. The Kier molecular flexibility index (Phi) is 2.68. The highest BCUT2D eigenvalue weighted by atomic mass is 19.1. The molecular formula is C11H9F2N3. The van der Waals surface area contributed by atoms with Crippen molar-refractivity contribution in [3.05, 3.63) is 48.2 Å². The highest BCUT2D eigenvalue weighted by molar-refractivity contribution is 5.59. The van der Waals surface area contributed by atoms with Crippen molar-refractivity contribution in [2.45, 2.75) is 0 Å². The second kappa shape index (κ2) is 4.14. The van der Waals surface area contributed by atoms with Crippen LogP contribution in [-0.2, 0) is 0 Å². The summed E-state index contributed by atoms with van der Waals surface area (Å²) in [6, 6.07) is 6.44. The van der Waals surface area contributed by atoms with Gasteiger partial charge in [-0.1, -0.05) is 0 Å². The van der Waals surface area contributed by atoms with Crippen molar-refractivity contribution in [3.63, 3.8) is 0 Å². The molecule has 1 heterocycles. The van der Waals surface area contributed by atoms with Crippen LogP contribution in [0, 0.1) is 11.6 Å². The van der Waals surface area contributed by atoms with E-state index in [0.717, 1.165) is 12.1 Å². The van der Waals surface area contributed by atoms with Gasteiger partial charge in [0.05, 0.1) is 5.69 Å². The summed E-state index contributed by atoms with van der Waals surface area (Å²) < 4.78 is 25.9. The van der Waals surface area contributed by atoms with Crippen LogP contribution < -0.4 is 11.1 Å². The van der Waals surface area contributed by atoms with Crippen molar-refractivity contribution in [1.82, 2.24) is 4.98 Å². The molecule has 0 saturated heterocycles. The van der Waals surface area contributed by atoms with Crippen molar-refractivity contribution >= 4 is 17.2 Å². The lowest BCUT2D eigenvalue weighted by molar-refractivity contribution is 0.586. The van der Waals surface area contributed by atoms with E-state index < -0.39 is 11.6 Å². The Bertz CT molecular complexity index is 514. The normalized spacial score (nSPS) is 10.1. The molecule has 0 unspecified atom stereocenters. The van der Waals surface area contributed by atoms with Crippen LogP contribution in [0.5, 0.6) is 0 Å². The van der Waals surface area contributed by atoms with Gasteiger partial charge in [-0.05, 0) is 18.2 Å². The smallest absolute Gasteiger partial charge is 0.149 e. The van der Waals surface area contributed by atoms with Crippen LogP contribution in [0.3, 0.4) is 0 Å². The molecule has 0 spiro atoms. The number of hydrogen-bond donors (Lipinski definition) is 2. The number of benzene rings is 1. The average Bonchev–Trinajstić information content (AvgIpc) is 2.22. The quantitative estimate of drug-likeness (QED) is 0.819. The van der Waals surface area contributed by atoms with E-state index in [1.165, 1.54) is 12.3 Å². The van der Waals surface area contributed by atoms with E-state index in [-0.39, 0.29) is 5.69 Å². The van der Waals surface area contributed by atoms with Crippen molar-refractivity contribution < 1.29 is 8.78 Å². The summed E-state index contributed by atoms with van der Waals surface area (Å²) in [5.74, 6) is -0.890. The lowest BCUT2D eigenvalue weighted by Gasteiger charge is -2.06. The van der Waals surface area contributed by atoms with Crippen molar-refractivity contribution in [3.8, 4) is 0 Å². The zero-order valence-corrected chi connectivity index (χ0v) is 8.24. The minimum absolute atomic E-state index is 0.152. The predicted octanol–water partition coefficient (Wildman–Crippen LogP) is 2.69. The van der Waals surface area contributed by atoms with Crippen LogP contribution in [-0.4, -0.2) is 4.98 Å². The second-order valence-electron chi connectivity index (χ2n) is 3.22. The summed E-state index contributed by atoms with van der Waals surface area (Å²) in [5.41, 5.74) is 6.21. The van der Waals surface area contributed by atoms with Crippen molar-refractivity contribution in [2.24, 2.45) is 0 Å². The van der Waals surface area contributed by atoms with Crippen LogP contribution in [0.25, 0.3) is 0 Å². The van der Waals surface area contributed by atoms with Gasteiger partial charge in [-0.25, -0.2) is 13.8 Å². The molecule has 0 radical (unpaired) electrons. The molecule has 3 nitrogen and oxygen atoms in total. The third-order valence-electron chi connectivity index (χ3n) is 1.98. The van der Waals surface area contributed by atoms with Gasteiger partial charge in [0.1, 0.15) is 17.5 Å². The number of rotatable bonds is 2. The maximum absolute atomic E-state index is 13.3. The number of nitrogen functional groups attached to an aromatic ring is 1. The zero-order valence-electron chi connectivity index (χ0n) is 8.24. The molecule has 3 N–H and O–H groups in total. The van der Waals surface area contributed by atoms with Gasteiger partial charge in [0, 0.05) is 24.0 Å². The van der Waals surface area contributed by atoms with E-state index in [0.29, 0.717) is 11.5 Å². The predicted molar refractivity (Wildman–Crippen MR) is 58.3 cm³/mol. The van der Waals surface area contributed by atoms with Gasteiger partial charge in [0.15, 0.2) is 0 Å². The highest BCUT2D eigenvalue weighted by Crippen LogP contribution is 2.20. The highest BCUT2D eigenvalue weighted by Gasteiger charge is 2.04. The number of halogens is 2. The van der Waals surface area contributed by atoms with Gasteiger partial charge in [-0.2, -0.15) is 0 Å². The molecule has 2 aromatic rings. The van der Waals surface area contributed by atoms with Gasteiger partial charge < -0.3 is 11.1 Å². The molecule has 1 aromatic heterocycles. The first kappa shape index (κ1) is 10.4. The second-order valence-corrected chi connectivity index (χ2v) is 3.22. The molecule has 5 heteroatoms. The first-order valence-electron chi connectivity index (χ1n) is 4.59.